The summed E-state index contributed by atoms with van der Waals surface area (Å²) in [6, 6.07) is 10.4. The molecule has 1 saturated heterocycles. The second kappa shape index (κ2) is 11.2. The standard InChI is InChI=1S/C21H35N3O2/c1-18(17-26-20-7-5-4-6-8-20)24-14-11-19(12-15-24)9-10-21(25)22-13-16-23(2)3/h4-8,18-19H,9-17H2,1-3H3,(H,22,25). The van der Waals surface area contributed by atoms with Crippen LogP contribution in [0, 0.1) is 5.92 Å². The van der Waals surface area contributed by atoms with Gasteiger partial charge >= 0.3 is 0 Å². The molecular formula is C21H35N3O2. The van der Waals surface area contributed by atoms with E-state index in [9.17, 15) is 4.79 Å². The molecule has 0 saturated carbocycles. The lowest BCUT2D eigenvalue weighted by Gasteiger charge is -2.35. The average Bonchev–Trinajstić information content (AvgIpc) is 2.65. The highest BCUT2D eigenvalue weighted by Crippen LogP contribution is 2.23. The Morgan fingerprint density at radius 1 is 1.27 bits per heavy atom. The van der Waals surface area contributed by atoms with Crippen molar-refractivity contribution in [2.45, 2.75) is 38.6 Å². The number of piperidine rings is 1. The Hall–Kier alpha value is -1.59. The minimum absolute atomic E-state index is 0.193. The molecule has 26 heavy (non-hydrogen) atoms. The smallest absolute Gasteiger partial charge is 0.220 e. The summed E-state index contributed by atoms with van der Waals surface area (Å²) in [5.41, 5.74) is 0. The van der Waals surface area contributed by atoms with Crippen LogP contribution in [0.1, 0.15) is 32.6 Å². The lowest BCUT2D eigenvalue weighted by molar-refractivity contribution is -0.121. The number of carbonyl (C=O) groups excluding carboxylic acids is 1. The molecule has 1 heterocycles. The van der Waals surface area contributed by atoms with Gasteiger partial charge in [-0.05, 0) is 71.4 Å². The monoisotopic (exact) mass is 361 g/mol. The minimum Gasteiger partial charge on any atom is -0.492 e. The first-order valence-electron chi connectivity index (χ1n) is 9.88. The third-order valence-corrected chi connectivity index (χ3v) is 5.17. The summed E-state index contributed by atoms with van der Waals surface area (Å²) in [6.45, 7) is 6.80. The van der Waals surface area contributed by atoms with Crippen molar-refractivity contribution < 1.29 is 9.53 Å². The highest BCUT2D eigenvalue weighted by molar-refractivity contribution is 5.75. The molecule has 0 bridgehead atoms. The van der Waals surface area contributed by atoms with Crippen LogP contribution >= 0.6 is 0 Å². The van der Waals surface area contributed by atoms with Gasteiger partial charge in [-0.2, -0.15) is 0 Å². The Morgan fingerprint density at radius 2 is 1.96 bits per heavy atom. The van der Waals surface area contributed by atoms with Crippen LogP contribution in [0.15, 0.2) is 30.3 Å². The normalized spacial score (nSPS) is 17.2. The number of hydrogen-bond acceptors (Lipinski definition) is 4. The van der Waals surface area contributed by atoms with Crippen molar-refractivity contribution in [3.05, 3.63) is 30.3 Å². The number of ether oxygens (including phenoxy) is 1. The molecule has 1 aliphatic rings. The van der Waals surface area contributed by atoms with Gasteiger partial charge in [0.15, 0.2) is 0 Å². The van der Waals surface area contributed by atoms with Crippen molar-refractivity contribution in [2.75, 3.05) is 46.9 Å². The van der Waals surface area contributed by atoms with Crippen LogP contribution in [0.3, 0.4) is 0 Å². The summed E-state index contributed by atoms with van der Waals surface area (Å²) in [7, 11) is 4.04. The lowest BCUT2D eigenvalue weighted by atomic mass is 9.91. The van der Waals surface area contributed by atoms with Gasteiger partial charge in [0.25, 0.3) is 0 Å². The Kier molecular flexibility index (Phi) is 8.92. The fourth-order valence-corrected chi connectivity index (χ4v) is 3.36. The maximum absolute atomic E-state index is 11.9. The molecule has 2 rings (SSSR count). The van der Waals surface area contributed by atoms with Gasteiger partial charge in [-0.15, -0.1) is 0 Å². The van der Waals surface area contributed by atoms with E-state index in [0.717, 1.165) is 45.0 Å². The summed E-state index contributed by atoms with van der Waals surface area (Å²) < 4.78 is 5.88. The molecule has 0 radical (unpaired) electrons. The van der Waals surface area contributed by atoms with Gasteiger partial charge in [0.1, 0.15) is 12.4 Å². The van der Waals surface area contributed by atoms with Crippen LogP contribution in [-0.2, 0) is 4.79 Å². The number of nitrogens with one attached hydrogen (secondary N) is 1. The number of para-hydroxylation sites is 1. The molecular weight excluding hydrogens is 326 g/mol. The van der Waals surface area contributed by atoms with Gasteiger partial charge in [0, 0.05) is 25.6 Å². The number of benzene rings is 1. The van der Waals surface area contributed by atoms with Gasteiger partial charge in [-0.3, -0.25) is 9.69 Å². The maximum atomic E-state index is 11.9. The van der Waals surface area contributed by atoms with E-state index in [1.165, 1.54) is 12.8 Å². The predicted octanol–water partition coefficient (Wildman–Crippen LogP) is 2.62. The van der Waals surface area contributed by atoms with E-state index in [1.54, 1.807) is 0 Å². The molecule has 1 fully saturated rings. The first kappa shape index (κ1) is 20.7. The molecule has 1 aromatic carbocycles. The van der Waals surface area contributed by atoms with Crippen LogP contribution in [0.2, 0.25) is 0 Å². The van der Waals surface area contributed by atoms with Crippen molar-refractivity contribution in [3.8, 4) is 5.75 Å². The van der Waals surface area contributed by atoms with E-state index in [4.69, 9.17) is 4.74 Å². The molecule has 5 heteroatoms. The van der Waals surface area contributed by atoms with Crippen LogP contribution in [0.4, 0.5) is 0 Å². The third-order valence-electron chi connectivity index (χ3n) is 5.17. The average molecular weight is 362 g/mol. The van der Waals surface area contributed by atoms with Gasteiger partial charge < -0.3 is 15.0 Å². The van der Waals surface area contributed by atoms with Gasteiger partial charge in [0.2, 0.25) is 5.91 Å². The Bertz CT molecular complexity index is 513. The molecule has 0 aromatic heterocycles. The number of amides is 1. The molecule has 146 valence electrons. The van der Waals surface area contributed by atoms with E-state index in [-0.39, 0.29) is 5.91 Å². The van der Waals surface area contributed by atoms with Gasteiger partial charge in [-0.1, -0.05) is 18.2 Å². The lowest BCUT2D eigenvalue weighted by Crippen LogP contribution is -2.43. The largest absolute Gasteiger partial charge is 0.492 e. The highest BCUT2D eigenvalue weighted by Gasteiger charge is 2.23. The second-order valence-electron chi connectivity index (χ2n) is 7.64. The zero-order valence-electron chi connectivity index (χ0n) is 16.6. The molecule has 1 aliphatic heterocycles. The fraction of sp³-hybridized carbons (Fsp3) is 0.667. The number of rotatable bonds is 10. The number of likely N-dealkylation sites (N-methyl/N-ethyl adjacent to an activating group) is 1. The van der Waals surface area contributed by atoms with Crippen molar-refractivity contribution in [1.82, 2.24) is 15.1 Å². The van der Waals surface area contributed by atoms with E-state index in [1.807, 2.05) is 44.4 Å². The molecule has 1 N–H and O–H groups in total. The summed E-state index contributed by atoms with van der Waals surface area (Å²) in [5, 5.41) is 3.01. The second-order valence-corrected chi connectivity index (χ2v) is 7.64. The minimum atomic E-state index is 0.193. The Labute approximate surface area is 158 Å². The number of carbonyl (C=O) groups is 1. The molecule has 1 unspecified atom stereocenters. The molecule has 5 nitrogen and oxygen atoms in total. The van der Waals surface area contributed by atoms with Crippen LogP contribution in [0.5, 0.6) is 5.75 Å². The Balaban J connectivity index is 1.58. The van der Waals surface area contributed by atoms with E-state index in [2.05, 4.69) is 22.0 Å². The van der Waals surface area contributed by atoms with E-state index >= 15 is 0 Å². The molecule has 1 amide bonds. The SMILES string of the molecule is CC(COc1ccccc1)N1CCC(CCC(=O)NCCN(C)C)CC1. The van der Waals surface area contributed by atoms with Gasteiger partial charge in [0.05, 0.1) is 0 Å². The summed E-state index contributed by atoms with van der Waals surface area (Å²) in [6.07, 6.45) is 4.03. The van der Waals surface area contributed by atoms with E-state index < -0.39 is 0 Å². The van der Waals surface area contributed by atoms with Crippen molar-refractivity contribution >= 4 is 5.91 Å². The molecule has 1 aromatic rings. The Morgan fingerprint density at radius 3 is 2.62 bits per heavy atom. The molecule has 1 atom stereocenters. The summed E-state index contributed by atoms with van der Waals surface area (Å²) >= 11 is 0. The van der Waals surface area contributed by atoms with E-state index in [0.29, 0.717) is 18.4 Å². The van der Waals surface area contributed by atoms with Crippen LogP contribution in [-0.4, -0.2) is 68.6 Å². The molecule has 0 spiro atoms. The predicted molar refractivity (Wildman–Crippen MR) is 106 cm³/mol. The summed E-state index contributed by atoms with van der Waals surface area (Å²) in [4.78, 5) is 16.5. The molecule has 0 aliphatic carbocycles. The number of hydrogen-bond donors (Lipinski definition) is 1. The maximum Gasteiger partial charge on any atom is 0.220 e. The van der Waals surface area contributed by atoms with Crippen molar-refractivity contribution in [3.63, 3.8) is 0 Å². The van der Waals surface area contributed by atoms with Crippen LogP contribution < -0.4 is 10.1 Å². The highest BCUT2D eigenvalue weighted by atomic mass is 16.5. The topological polar surface area (TPSA) is 44.8 Å². The summed E-state index contributed by atoms with van der Waals surface area (Å²) in [5.74, 6) is 1.81. The first-order valence-corrected chi connectivity index (χ1v) is 9.88. The quantitative estimate of drug-likeness (QED) is 0.696. The third kappa shape index (κ3) is 7.75. The zero-order chi connectivity index (χ0) is 18.8. The van der Waals surface area contributed by atoms with Crippen LogP contribution in [0.25, 0.3) is 0 Å². The first-order chi connectivity index (χ1) is 12.5. The fourth-order valence-electron chi connectivity index (χ4n) is 3.36. The van der Waals surface area contributed by atoms with Crippen molar-refractivity contribution in [1.29, 1.82) is 0 Å². The number of nitrogens with zero attached hydrogens (tertiary/aromatic N) is 2. The zero-order valence-corrected chi connectivity index (χ0v) is 16.6. The van der Waals surface area contributed by atoms with Gasteiger partial charge in [-0.25, -0.2) is 0 Å². The van der Waals surface area contributed by atoms with Crippen molar-refractivity contribution in [2.24, 2.45) is 5.92 Å². The number of likely N-dealkylation sites (tertiary alicyclic amines) is 1.